The number of rotatable bonds is 2. The number of nitrogens with two attached hydrogens (primary N) is 1. The van der Waals surface area contributed by atoms with Crippen molar-refractivity contribution in [1.29, 1.82) is 5.41 Å². The molecule has 0 saturated heterocycles. The molecule has 1 aromatic carbocycles. The summed E-state index contributed by atoms with van der Waals surface area (Å²) in [6.07, 6.45) is 1.47. The zero-order valence-corrected chi connectivity index (χ0v) is 7.45. The third kappa shape index (κ3) is 3.42. The van der Waals surface area contributed by atoms with Gasteiger partial charge in [0, 0.05) is 11.8 Å². The van der Waals surface area contributed by atoms with Gasteiger partial charge in [-0.2, -0.15) is 0 Å². The molecular formula is C10H12N2O. The lowest BCUT2D eigenvalue weighted by Crippen LogP contribution is -2.05. The fourth-order valence-electron chi connectivity index (χ4n) is 0.852. The maximum Gasteiger partial charge on any atom is 0.213 e. The molecule has 0 radical (unpaired) electrons. The largest absolute Gasteiger partial charge is 0.440 e. The summed E-state index contributed by atoms with van der Waals surface area (Å²) in [5.74, 6) is 0.691. The SMILES string of the molecule is C/C(N)=C/C(=N)Oc1ccccc1. The van der Waals surface area contributed by atoms with Crippen molar-refractivity contribution in [2.75, 3.05) is 0 Å². The van der Waals surface area contributed by atoms with Gasteiger partial charge in [0.25, 0.3) is 0 Å². The van der Waals surface area contributed by atoms with Crippen LogP contribution >= 0.6 is 0 Å². The zero-order valence-electron chi connectivity index (χ0n) is 7.45. The molecule has 0 spiro atoms. The molecule has 0 aromatic heterocycles. The number of benzene rings is 1. The van der Waals surface area contributed by atoms with Crippen LogP contribution in [0.5, 0.6) is 5.75 Å². The molecule has 0 atom stereocenters. The summed E-state index contributed by atoms with van der Waals surface area (Å²) in [5.41, 5.74) is 5.94. The molecule has 0 bridgehead atoms. The summed E-state index contributed by atoms with van der Waals surface area (Å²) in [4.78, 5) is 0. The van der Waals surface area contributed by atoms with Crippen molar-refractivity contribution in [2.24, 2.45) is 5.73 Å². The summed E-state index contributed by atoms with van der Waals surface area (Å²) in [6, 6.07) is 9.16. The molecule has 1 aromatic rings. The van der Waals surface area contributed by atoms with Gasteiger partial charge in [0.2, 0.25) is 5.90 Å². The lowest BCUT2D eigenvalue weighted by atomic mass is 10.3. The summed E-state index contributed by atoms with van der Waals surface area (Å²) in [6.45, 7) is 1.71. The fourth-order valence-corrected chi connectivity index (χ4v) is 0.852. The average molecular weight is 176 g/mol. The average Bonchev–Trinajstić information content (AvgIpc) is 2.04. The minimum atomic E-state index is 0.0474. The Morgan fingerprint density at radius 3 is 2.54 bits per heavy atom. The van der Waals surface area contributed by atoms with Crippen molar-refractivity contribution in [3.05, 3.63) is 42.1 Å². The van der Waals surface area contributed by atoms with Crippen LogP contribution in [-0.2, 0) is 0 Å². The molecule has 68 valence electrons. The molecule has 0 aliphatic heterocycles. The van der Waals surface area contributed by atoms with Crippen molar-refractivity contribution in [2.45, 2.75) is 6.92 Å². The van der Waals surface area contributed by atoms with Crippen LogP contribution in [0, 0.1) is 5.41 Å². The Hall–Kier alpha value is -1.77. The standard InChI is InChI=1S/C10H12N2O/c1-8(11)7-10(12)13-9-5-3-2-4-6-9/h2-7,12H,11H2,1H3/b8-7-,12-10?. The molecule has 3 heteroatoms. The molecule has 3 nitrogen and oxygen atoms in total. The Balaban J connectivity index is 2.61. The number of para-hydroxylation sites is 1. The number of hydrogen-bond donors (Lipinski definition) is 2. The van der Waals surface area contributed by atoms with E-state index in [9.17, 15) is 0 Å². The van der Waals surface area contributed by atoms with E-state index in [1.807, 2.05) is 18.2 Å². The first kappa shape index (κ1) is 9.32. The molecule has 13 heavy (non-hydrogen) atoms. The molecule has 0 aliphatic carbocycles. The van der Waals surface area contributed by atoms with Crippen LogP contribution in [0.25, 0.3) is 0 Å². The minimum absolute atomic E-state index is 0.0474. The Kier molecular flexibility index (Phi) is 3.09. The van der Waals surface area contributed by atoms with Crippen molar-refractivity contribution in [1.82, 2.24) is 0 Å². The van der Waals surface area contributed by atoms with Gasteiger partial charge in [0.15, 0.2) is 0 Å². The van der Waals surface area contributed by atoms with Crippen LogP contribution in [0.1, 0.15) is 6.92 Å². The highest BCUT2D eigenvalue weighted by atomic mass is 16.5. The quantitative estimate of drug-likeness (QED) is 0.534. The predicted octanol–water partition coefficient (Wildman–Crippen LogP) is 1.91. The van der Waals surface area contributed by atoms with Crippen LogP contribution in [0.2, 0.25) is 0 Å². The van der Waals surface area contributed by atoms with Gasteiger partial charge in [-0.3, -0.25) is 5.41 Å². The normalized spacial score (nSPS) is 11.0. The second-order valence-electron chi connectivity index (χ2n) is 2.67. The van der Waals surface area contributed by atoms with E-state index in [4.69, 9.17) is 15.9 Å². The van der Waals surface area contributed by atoms with E-state index in [-0.39, 0.29) is 5.90 Å². The van der Waals surface area contributed by atoms with Gasteiger partial charge in [-0.25, -0.2) is 0 Å². The highest BCUT2D eigenvalue weighted by Crippen LogP contribution is 2.08. The molecule has 0 amide bonds. The monoisotopic (exact) mass is 176 g/mol. The second kappa shape index (κ2) is 4.30. The maximum absolute atomic E-state index is 7.38. The van der Waals surface area contributed by atoms with Gasteiger partial charge in [0.05, 0.1) is 0 Å². The van der Waals surface area contributed by atoms with Crippen LogP contribution < -0.4 is 10.5 Å². The Morgan fingerprint density at radius 1 is 1.38 bits per heavy atom. The Morgan fingerprint density at radius 2 is 2.00 bits per heavy atom. The third-order valence-corrected chi connectivity index (χ3v) is 1.33. The molecule has 0 fully saturated rings. The highest BCUT2D eigenvalue weighted by Gasteiger charge is 1.95. The van der Waals surface area contributed by atoms with E-state index in [0.29, 0.717) is 11.4 Å². The van der Waals surface area contributed by atoms with Gasteiger partial charge >= 0.3 is 0 Å². The lowest BCUT2D eigenvalue weighted by molar-refractivity contribution is 0.550. The van der Waals surface area contributed by atoms with Crippen LogP contribution in [0.3, 0.4) is 0 Å². The Bertz CT molecular complexity index is 313. The lowest BCUT2D eigenvalue weighted by Gasteiger charge is -2.02. The van der Waals surface area contributed by atoms with E-state index in [0.717, 1.165) is 0 Å². The van der Waals surface area contributed by atoms with E-state index >= 15 is 0 Å². The first-order chi connectivity index (χ1) is 6.18. The smallest absolute Gasteiger partial charge is 0.213 e. The van der Waals surface area contributed by atoms with Crippen LogP contribution in [0.4, 0.5) is 0 Å². The highest BCUT2D eigenvalue weighted by molar-refractivity contribution is 5.87. The van der Waals surface area contributed by atoms with Crippen molar-refractivity contribution in [3.8, 4) is 5.75 Å². The molecule has 3 N–H and O–H groups in total. The predicted molar refractivity (Wildman–Crippen MR) is 52.7 cm³/mol. The topological polar surface area (TPSA) is 59.1 Å². The molecule has 0 unspecified atom stereocenters. The fraction of sp³-hybridized carbons (Fsp3) is 0.100. The summed E-state index contributed by atoms with van der Waals surface area (Å²) in [5, 5.41) is 7.38. The minimum Gasteiger partial charge on any atom is -0.440 e. The number of allylic oxidation sites excluding steroid dienone is 1. The van der Waals surface area contributed by atoms with Gasteiger partial charge in [0.1, 0.15) is 5.75 Å². The summed E-state index contributed by atoms with van der Waals surface area (Å²) in [7, 11) is 0. The Labute approximate surface area is 77.3 Å². The molecule has 0 aliphatic rings. The van der Waals surface area contributed by atoms with Crippen LogP contribution in [-0.4, -0.2) is 5.90 Å². The van der Waals surface area contributed by atoms with Gasteiger partial charge in [-0.1, -0.05) is 18.2 Å². The maximum atomic E-state index is 7.38. The van der Waals surface area contributed by atoms with E-state index < -0.39 is 0 Å². The van der Waals surface area contributed by atoms with E-state index in [1.165, 1.54) is 6.08 Å². The van der Waals surface area contributed by atoms with Crippen molar-refractivity contribution in [3.63, 3.8) is 0 Å². The number of nitrogens with one attached hydrogen (secondary N) is 1. The number of ether oxygens (including phenoxy) is 1. The van der Waals surface area contributed by atoms with Gasteiger partial charge < -0.3 is 10.5 Å². The third-order valence-electron chi connectivity index (χ3n) is 1.33. The zero-order chi connectivity index (χ0) is 9.68. The summed E-state index contributed by atoms with van der Waals surface area (Å²) < 4.78 is 5.15. The second-order valence-corrected chi connectivity index (χ2v) is 2.67. The van der Waals surface area contributed by atoms with Gasteiger partial charge in [-0.15, -0.1) is 0 Å². The molecular weight excluding hydrogens is 164 g/mol. The van der Waals surface area contributed by atoms with Crippen molar-refractivity contribution >= 4 is 5.90 Å². The van der Waals surface area contributed by atoms with Gasteiger partial charge in [-0.05, 0) is 19.1 Å². The number of hydrogen-bond acceptors (Lipinski definition) is 3. The van der Waals surface area contributed by atoms with Crippen molar-refractivity contribution < 1.29 is 4.74 Å². The summed E-state index contributed by atoms with van der Waals surface area (Å²) >= 11 is 0. The first-order valence-corrected chi connectivity index (χ1v) is 3.93. The first-order valence-electron chi connectivity index (χ1n) is 3.93. The van der Waals surface area contributed by atoms with E-state index in [2.05, 4.69) is 0 Å². The van der Waals surface area contributed by atoms with E-state index in [1.54, 1.807) is 19.1 Å². The van der Waals surface area contributed by atoms with Crippen LogP contribution in [0.15, 0.2) is 42.1 Å². The molecule has 0 saturated carbocycles. The molecule has 1 rings (SSSR count). The molecule has 0 heterocycles.